The standard InChI is InChI=1S/C13H18ClNOS/c14-10-6-12(17-8-10)13-9(2-1-5-16-13)7-15-11-3-4-11/h6,8-9,11,13,15H,1-5,7H2. The molecule has 1 aromatic heterocycles. The van der Waals surface area contributed by atoms with E-state index in [-0.39, 0.29) is 6.10 Å². The molecule has 1 saturated heterocycles. The summed E-state index contributed by atoms with van der Waals surface area (Å²) in [6, 6.07) is 2.84. The Balaban J connectivity index is 1.65. The van der Waals surface area contributed by atoms with Gasteiger partial charge in [-0.2, -0.15) is 0 Å². The zero-order valence-corrected chi connectivity index (χ0v) is 11.4. The van der Waals surface area contributed by atoms with E-state index in [9.17, 15) is 0 Å². The van der Waals surface area contributed by atoms with E-state index in [2.05, 4.69) is 11.4 Å². The third kappa shape index (κ3) is 3.02. The van der Waals surface area contributed by atoms with Crippen LogP contribution in [-0.4, -0.2) is 19.2 Å². The van der Waals surface area contributed by atoms with Crippen LogP contribution >= 0.6 is 22.9 Å². The fraction of sp³-hybridized carbons (Fsp3) is 0.692. The first-order valence-electron chi connectivity index (χ1n) is 6.42. The van der Waals surface area contributed by atoms with Gasteiger partial charge in [-0.25, -0.2) is 0 Å². The first-order valence-corrected chi connectivity index (χ1v) is 7.67. The van der Waals surface area contributed by atoms with E-state index < -0.39 is 0 Å². The van der Waals surface area contributed by atoms with Crippen molar-refractivity contribution >= 4 is 22.9 Å². The zero-order valence-electron chi connectivity index (χ0n) is 9.82. The van der Waals surface area contributed by atoms with Crippen LogP contribution in [0.3, 0.4) is 0 Å². The van der Waals surface area contributed by atoms with Crippen LogP contribution in [0.4, 0.5) is 0 Å². The molecular formula is C13H18ClNOS. The highest BCUT2D eigenvalue weighted by Crippen LogP contribution is 2.37. The summed E-state index contributed by atoms with van der Waals surface area (Å²) < 4.78 is 5.95. The van der Waals surface area contributed by atoms with Gasteiger partial charge in [-0.15, -0.1) is 11.3 Å². The summed E-state index contributed by atoms with van der Waals surface area (Å²) >= 11 is 7.73. The van der Waals surface area contributed by atoms with Gasteiger partial charge in [0.05, 0.1) is 11.1 Å². The Bertz CT molecular complexity index is 377. The van der Waals surface area contributed by atoms with Gasteiger partial charge in [-0.05, 0) is 31.7 Å². The van der Waals surface area contributed by atoms with Crippen molar-refractivity contribution in [3.8, 4) is 0 Å². The predicted molar refractivity (Wildman–Crippen MR) is 71.8 cm³/mol. The first kappa shape index (κ1) is 12.0. The van der Waals surface area contributed by atoms with Crippen LogP contribution in [0.1, 0.15) is 36.7 Å². The smallest absolute Gasteiger partial charge is 0.0957 e. The van der Waals surface area contributed by atoms with E-state index >= 15 is 0 Å². The third-order valence-electron chi connectivity index (χ3n) is 3.56. The zero-order chi connectivity index (χ0) is 11.7. The van der Waals surface area contributed by atoms with Crippen molar-refractivity contribution in [1.82, 2.24) is 5.32 Å². The van der Waals surface area contributed by atoms with Crippen molar-refractivity contribution in [2.45, 2.75) is 37.8 Å². The molecule has 2 unspecified atom stereocenters. The lowest BCUT2D eigenvalue weighted by atomic mass is 9.93. The third-order valence-corrected chi connectivity index (χ3v) is 4.90. The molecule has 0 amide bonds. The van der Waals surface area contributed by atoms with Crippen LogP contribution in [0, 0.1) is 5.92 Å². The number of halogens is 1. The van der Waals surface area contributed by atoms with E-state index in [1.165, 1.54) is 30.6 Å². The molecule has 1 aliphatic heterocycles. The monoisotopic (exact) mass is 271 g/mol. The maximum Gasteiger partial charge on any atom is 0.0957 e. The van der Waals surface area contributed by atoms with Gasteiger partial charge in [0.1, 0.15) is 0 Å². The van der Waals surface area contributed by atoms with Crippen LogP contribution in [0.5, 0.6) is 0 Å². The second-order valence-corrected chi connectivity index (χ2v) is 6.42. The molecule has 1 aliphatic carbocycles. The first-order chi connectivity index (χ1) is 8.33. The highest BCUT2D eigenvalue weighted by molar-refractivity contribution is 7.10. The van der Waals surface area contributed by atoms with Crippen molar-refractivity contribution in [1.29, 1.82) is 0 Å². The molecule has 2 aliphatic rings. The molecule has 2 nitrogen and oxygen atoms in total. The summed E-state index contributed by atoms with van der Waals surface area (Å²) in [5.74, 6) is 0.610. The lowest BCUT2D eigenvalue weighted by Gasteiger charge is -2.31. The van der Waals surface area contributed by atoms with Crippen LogP contribution in [0.25, 0.3) is 0 Å². The molecule has 1 saturated carbocycles. The Morgan fingerprint density at radius 1 is 1.41 bits per heavy atom. The Labute approximate surface area is 111 Å². The number of ether oxygens (including phenoxy) is 1. The fourth-order valence-electron chi connectivity index (χ4n) is 2.45. The molecule has 2 fully saturated rings. The predicted octanol–water partition coefficient (Wildman–Crippen LogP) is 3.62. The number of thiophene rings is 1. The van der Waals surface area contributed by atoms with Crippen molar-refractivity contribution in [2.24, 2.45) is 5.92 Å². The van der Waals surface area contributed by atoms with E-state index in [1.807, 2.05) is 5.38 Å². The topological polar surface area (TPSA) is 21.3 Å². The van der Waals surface area contributed by atoms with Crippen molar-refractivity contribution in [3.05, 3.63) is 21.3 Å². The second-order valence-electron chi connectivity index (χ2n) is 5.04. The lowest BCUT2D eigenvalue weighted by Crippen LogP contribution is -2.32. The molecule has 0 radical (unpaired) electrons. The van der Waals surface area contributed by atoms with Gasteiger partial charge < -0.3 is 10.1 Å². The van der Waals surface area contributed by atoms with Crippen molar-refractivity contribution in [3.63, 3.8) is 0 Å². The number of nitrogens with one attached hydrogen (secondary N) is 1. The molecule has 0 bridgehead atoms. The average molecular weight is 272 g/mol. The summed E-state index contributed by atoms with van der Waals surface area (Å²) in [7, 11) is 0. The summed E-state index contributed by atoms with van der Waals surface area (Å²) in [5, 5.41) is 6.47. The summed E-state index contributed by atoms with van der Waals surface area (Å²) in [4.78, 5) is 1.29. The Hall–Kier alpha value is -0.0900. The quantitative estimate of drug-likeness (QED) is 0.903. The van der Waals surface area contributed by atoms with Gasteiger partial charge in [0.2, 0.25) is 0 Å². The minimum Gasteiger partial charge on any atom is -0.372 e. The normalized spacial score (nSPS) is 29.5. The molecule has 3 rings (SSSR count). The molecule has 17 heavy (non-hydrogen) atoms. The minimum absolute atomic E-state index is 0.257. The minimum atomic E-state index is 0.257. The maximum atomic E-state index is 6.00. The van der Waals surface area contributed by atoms with Crippen LogP contribution in [0.2, 0.25) is 5.02 Å². The summed E-state index contributed by atoms with van der Waals surface area (Å²) in [5.41, 5.74) is 0. The summed E-state index contributed by atoms with van der Waals surface area (Å²) in [6.45, 7) is 1.98. The van der Waals surface area contributed by atoms with E-state index in [0.717, 1.165) is 24.2 Å². The molecule has 0 spiro atoms. The highest BCUT2D eigenvalue weighted by Gasteiger charge is 2.30. The highest BCUT2D eigenvalue weighted by atomic mass is 35.5. The van der Waals surface area contributed by atoms with Gasteiger partial charge in [0, 0.05) is 35.4 Å². The van der Waals surface area contributed by atoms with Gasteiger partial charge in [-0.3, -0.25) is 0 Å². The maximum absolute atomic E-state index is 6.00. The van der Waals surface area contributed by atoms with E-state index in [0.29, 0.717) is 5.92 Å². The molecule has 0 aromatic carbocycles. The molecule has 1 aromatic rings. The van der Waals surface area contributed by atoms with Crippen LogP contribution < -0.4 is 5.32 Å². The van der Waals surface area contributed by atoms with Crippen molar-refractivity contribution in [2.75, 3.05) is 13.2 Å². The fourth-order valence-corrected chi connectivity index (χ4v) is 3.67. The Kier molecular flexibility index (Phi) is 3.71. The lowest BCUT2D eigenvalue weighted by molar-refractivity contribution is -0.0257. The van der Waals surface area contributed by atoms with Gasteiger partial charge in [-0.1, -0.05) is 11.6 Å². The molecule has 4 heteroatoms. The average Bonchev–Trinajstić information content (AvgIpc) is 3.08. The molecule has 2 heterocycles. The SMILES string of the molecule is Clc1csc(C2OCCCC2CNC2CC2)c1. The number of rotatable bonds is 4. The molecule has 1 N–H and O–H groups in total. The largest absolute Gasteiger partial charge is 0.372 e. The molecule has 94 valence electrons. The molecule has 2 atom stereocenters. The Morgan fingerprint density at radius 3 is 3.00 bits per heavy atom. The van der Waals surface area contributed by atoms with Gasteiger partial charge in [0.25, 0.3) is 0 Å². The molecular weight excluding hydrogens is 254 g/mol. The van der Waals surface area contributed by atoms with E-state index in [1.54, 1.807) is 11.3 Å². The van der Waals surface area contributed by atoms with Crippen molar-refractivity contribution < 1.29 is 4.74 Å². The van der Waals surface area contributed by atoms with Gasteiger partial charge in [0.15, 0.2) is 0 Å². The number of hydrogen-bond acceptors (Lipinski definition) is 3. The number of hydrogen-bond donors (Lipinski definition) is 1. The Morgan fingerprint density at radius 2 is 2.29 bits per heavy atom. The second kappa shape index (κ2) is 5.27. The van der Waals surface area contributed by atoms with E-state index in [4.69, 9.17) is 16.3 Å². The summed E-state index contributed by atoms with van der Waals surface area (Å²) in [6.07, 6.45) is 5.41. The van der Waals surface area contributed by atoms with Crippen LogP contribution in [-0.2, 0) is 4.74 Å². The van der Waals surface area contributed by atoms with Gasteiger partial charge >= 0.3 is 0 Å². The van der Waals surface area contributed by atoms with Crippen LogP contribution in [0.15, 0.2) is 11.4 Å².